The van der Waals surface area contributed by atoms with E-state index in [4.69, 9.17) is 4.74 Å². The summed E-state index contributed by atoms with van der Waals surface area (Å²) in [6.07, 6.45) is 1.97. The zero-order valence-corrected chi connectivity index (χ0v) is 15.5. The molecule has 4 nitrogen and oxygen atoms in total. The average molecular weight is 382 g/mol. The second-order valence-corrected chi connectivity index (χ2v) is 6.67. The van der Waals surface area contributed by atoms with Crippen molar-refractivity contribution in [3.63, 3.8) is 0 Å². The number of alkyl halides is 2. The number of halogens is 2. The number of ether oxygens (including phenoxy) is 1. The molecule has 0 N–H and O–H groups in total. The Morgan fingerprint density at radius 2 is 2.00 bits per heavy atom. The monoisotopic (exact) mass is 382 g/mol. The Morgan fingerprint density at radius 3 is 2.68 bits per heavy atom. The van der Waals surface area contributed by atoms with Crippen LogP contribution in [0.1, 0.15) is 11.1 Å². The first-order chi connectivity index (χ1) is 13.6. The average Bonchev–Trinajstić information content (AvgIpc) is 3.09. The van der Waals surface area contributed by atoms with Crippen molar-refractivity contribution >= 4 is 16.9 Å². The van der Waals surface area contributed by atoms with Gasteiger partial charge in [-0.3, -0.25) is 13.6 Å². The molecule has 3 aromatic rings. The van der Waals surface area contributed by atoms with Crippen LogP contribution < -0.4 is 0 Å². The van der Waals surface area contributed by atoms with E-state index in [1.165, 1.54) is 7.11 Å². The largest absolute Gasteiger partial charge is 0.469 e. The Labute approximate surface area is 162 Å². The lowest BCUT2D eigenvalue weighted by molar-refractivity contribution is -0.139. The predicted octanol–water partition coefficient (Wildman–Crippen LogP) is 4.45. The highest BCUT2D eigenvalue weighted by Gasteiger charge is 2.16. The van der Waals surface area contributed by atoms with Crippen molar-refractivity contribution in [3.8, 4) is 17.2 Å². The number of fused-ring (bicyclic) bond motifs is 1. The van der Waals surface area contributed by atoms with Crippen LogP contribution in [-0.2, 0) is 22.5 Å². The van der Waals surface area contributed by atoms with E-state index in [0.29, 0.717) is 5.56 Å². The molecule has 0 bridgehead atoms. The van der Waals surface area contributed by atoms with Crippen molar-refractivity contribution in [2.24, 2.45) is 5.92 Å². The number of nitriles is 1. The van der Waals surface area contributed by atoms with Crippen molar-refractivity contribution in [1.82, 2.24) is 4.57 Å². The zero-order chi connectivity index (χ0) is 20.1. The van der Waals surface area contributed by atoms with Gasteiger partial charge in [0.25, 0.3) is 0 Å². The van der Waals surface area contributed by atoms with Crippen molar-refractivity contribution in [2.45, 2.75) is 13.0 Å². The van der Waals surface area contributed by atoms with E-state index in [1.54, 1.807) is 18.2 Å². The molecule has 0 unspecified atom stereocenters. The van der Waals surface area contributed by atoms with Gasteiger partial charge in [0.2, 0.25) is 0 Å². The lowest BCUT2D eigenvalue weighted by atomic mass is 10.0. The summed E-state index contributed by atoms with van der Waals surface area (Å²) in [6.45, 7) is -1.32. The van der Waals surface area contributed by atoms with Crippen LogP contribution in [-0.4, -0.2) is 31.0 Å². The topological polar surface area (TPSA) is 55.0 Å². The maximum absolute atomic E-state index is 13.1. The zero-order valence-electron chi connectivity index (χ0n) is 15.5. The molecule has 0 aliphatic rings. The smallest absolute Gasteiger partial charge is 0.309 e. The Hall–Kier alpha value is -3.20. The van der Waals surface area contributed by atoms with Gasteiger partial charge in [-0.15, -0.1) is 0 Å². The molecule has 0 aliphatic heterocycles. The summed E-state index contributed by atoms with van der Waals surface area (Å²) in [6, 6.07) is 14.9. The lowest BCUT2D eigenvalue weighted by Crippen LogP contribution is -2.14. The van der Waals surface area contributed by atoms with E-state index in [9.17, 15) is 18.8 Å². The summed E-state index contributed by atoms with van der Waals surface area (Å²) in [7, 11) is 1.33. The fraction of sp³-hybridized carbons (Fsp3) is 0.273. The van der Waals surface area contributed by atoms with Gasteiger partial charge in [-0.05, 0) is 29.3 Å². The fourth-order valence-electron chi connectivity index (χ4n) is 3.24. The molecule has 144 valence electrons. The summed E-state index contributed by atoms with van der Waals surface area (Å²) in [5, 5.41) is 10.1. The molecule has 3 rings (SSSR count). The number of hydrogen-bond donors (Lipinski definition) is 0. The van der Waals surface area contributed by atoms with Crippen LogP contribution >= 0.6 is 0 Å². The molecule has 1 heterocycles. The minimum absolute atomic E-state index is 0.118. The molecular formula is C22H20F2N2O2. The highest BCUT2D eigenvalue weighted by molar-refractivity contribution is 5.97. The molecule has 0 saturated heterocycles. The summed E-state index contributed by atoms with van der Waals surface area (Å²) in [4.78, 5) is 11.6. The quantitative estimate of drug-likeness (QED) is 0.567. The third-order valence-electron chi connectivity index (χ3n) is 4.72. The van der Waals surface area contributed by atoms with E-state index in [2.05, 4.69) is 6.07 Å². The van der Waals surface area contributed by atoms with Gasteiger partial charge in [0.1, 0.15) is 0 Å². The molecule has 1 aromatic heterocycles. The Kier molecular flexibility index (Phi) is 6.05. The summed E-state index contributed by atoms with van der Waals surface area (Å²) < 4.78 is 32.8. The number of carbonyl (C=O) groups is 1. The van der Waals surface area contributed by atoms with Gasteiger partial charge in [0, 0.05) is 35.1 Å². The highest BCUT2D eigenvalue weighted by Crippen LogP contribution is 2.32. The van der Waals surface area contributed by atoms with Crippen LogP contribution in [0.2, 0.25) is 0 Å². The van der Waals surface area contributed by atoms with Crippen LogP contribution in [0.4, 0.5) is 8.78 Å². The number of hydrogen-bond acceptors (Lipinski definition) is 3. The number of rotatable bonds is 7. The van der Waals surface area contributed by atoms with Crippen molar-refractivity contribution in [3.05, 3.63) is 59.8 Å². The molecule has 0 aliphatic carbocycles. The van der Waals surface area contributed by atoms with E-state index >= 15 is 0 Å². The van der Waals surface area contributed by atoms with Crippen LogP contribution in [0.5, 0.6) is 0 Å². The van der Waals surface area contributed by atoms with Gasteiger partial charge in [0.05, 0.1) is 38.5 Å². The number of aromatic nitrogens is 1. The summed E-state index contributed by atoms with van der Waals surface area (Å²) >= 11 is 0. The van der Waals surface area contributed by atoms with Gasteiger partial charge in [-0.2, -0.15) is 5.26 Å². The second kappa shape index (κ2) is 8.66. The maximum Gasteiger partial charge on any atom is 0.309 e. The van der Waals surface area contributed by atoms with Gasteiger partial charge in [0.15, 0.2) is 0 Å². The molecule has 0 radical (unpaired) electrons. The lowest BCUT2D eigenvalue weighted by Gasteiger charge is -2.11. The maximum atomic E-state index is 13.1. The Balaban J connectivity index is 2.13. The first kappa shape index (κ1) is 19.6. The van der Waals surface area contributed by atoms with E-state index in [1.807, 2.05) is 35.0 Å². The number of esters is 1. The Morgan fingerprint density at radius 1 is 1.21 bits per heavy atom. The molecular weight excluding hydrogens is 362 g/mol. The van der Waals surface area contributed by atoms with Crippen LogP contribution in [0.25, 0.3) is 22.0 Å². The van der Waals surface area contributed by atoms with Gasteiger partial charge in [-0.1, -0.05) is 24.3 Å². The molecule has 28 heavy (non-hydrogen) atoms. The summed E-state index contributed by atoms with van der Waals surface area (Å²) in [5.41, 5.74) is 3.79. The van der Waals surface area contributed by atoms with E-state index in [0.717, 1.165) is 27.6 Å². The predicted molar refractivity (Wildman–Crippen MR) is 103 cm³/mol. The normalized spacial score (nSPS) is 11.0. The minimum atomic E-state index is -0.753. The molecule has 0 atom stereocenters. The minimum Gasteiger partial charge on any atom is -0.469 e. The second-order valence-electron chi connectivity index (χ2n) is 6.67. The van der Waals surface area contributed by atoms with Crippen LogP contribution in [0.3, 0.4) is 0 Å². The molecule has 0 spiro atoms. The SMILES string of the molecule is COC(=O)Cc1ccc2c(-c3cccc(C#N)c3)cn(CC(CF)CF)c2c1. The van der Waals surface area contributed by atoms with Crippen molar-refractivity contribution in [1.29, 1.82) is 5.26 Å². The third kappa shape index (κ3) is 4.04. The molecule has 6 heteroatoms. The summed E-state index contributed by atoms with van der Waals surface area (Å²) in [5.74, 6) is -1.09. The number of carbonyl (C=O) groups excluding carboxylic acids is 1. The van der Waals surface area contributed by atoms with Gasteiger partial charge >= 0.3 is 5.97 Å². The third-order valence-corrected chi connectivity index (χ3v) is 4.72. The Bertz CT molecular complexity index is 1030. The highest BCUT2D eigenvalue weighted by atomic mass is 19.1. The number of benzene rings is 2. The van der Waals surface area contributed by atoms with Crippen LogP contribution in [0.15, 0.2) is 48.7 Å². The molecule has 2 aromatic carbocycles. The molecule has 0 amide bonds. The van der Waals surface area contributed by atoms with Gasteiger partial charge < -0.3 is 9.30 Å². The van der Waals surface area contributed by atoms with Crippen LogP contribution in [0, 0.1) is 17.2 Å². The van der Waals surface area contributed by atoms with Gasteiger partial charge in [-0.25, -0.2) is 0 Å². The van der Waals surface area contributed by atoms with E-state index < -0.39 is 19.3 Å². The fourth-order valence-corrected chi connectivity index (χ4v) is 3.24. The first-order valence-corrected chi connectivity index (χ1v) is 8.90. The number of nitrogens with zero attached hydrogens (tertiary/aromatic N) is 2. The van der Waals surface area contributed by atoms with E-state index in [-0.39, 0.29) is 18.9 Å². The van der Waals surface area contributed by atoms with Crippen molar-refractivity contribution < 1.29 is 18.3 Å². The van der Waals surface area contributed by atoms with Crippen molar-refractivity contribution in [2.75, 3.05) is 20.5 Å². The molecule has 0 saturated carbocycles. The molecule has 0 fully saturated rings. The number of methoxy groups -OCH3 is 1. The first-order valence-electron chi connectivity index (χ1n) is 8.90. The standard InChI is InChI=1S/C22H20F2N2O2/c1-28-22(27)9-15-5-6-19-20(18-4-2-3-16(7-18)12-25)14-26(21(19)8-15)13-17(10-23)11-24/h2-8,14,17H,9-11,13H2,1H3.